The minimum absolute atomic E-state index is 0.00102. The monoisotopic (exact) mass is 321 g/mol. The van der Waals surface area contributed by atoms with E-state index in [1.807, 2.05) is 6.92 Å². The predicted molar refractivity (Wildman–Crippen MR) is 76.9 cm³/mol. The number of halogens is 2. The molecule has 3 nitrogen and oxygen atoms in total. The first-order valence-corrected chi connectivity index (χ1v) is 9.07. The van der Waals surface area contributed by atoms with Crippen LogP contribution in [0.15, 0.2) is 29.2 Å². The van der Waals surface area contributed by atoms with Crippen LogP contribution in [0.5, 0.6) is 0 Å². The van der Waals surface area contributed by atoms with E-state index >= 15 is 0 Å². The molecule has 1 N–H and O–H groups in total. The van der Waals surface area contributed by atoms with Gasteiger partial charge in [0.05, 0.1) is 11.5 Å². The van der Waals surface area contributed by atoms with Crippen LogP contribution in [0, 0.1) is 0 Å². The van der Waals surface area contributed by atoms with Gasteiger partial charge in [-0.1, -0.05) is 23.9 Å². The van der Waals surface area contributed by atoms with Crippen molar-refractivity contribution < 1.29 is 17.2 Å². The lowest BCUT2D eigenvalue weighted by Crippen LogP contribution is -2.32. The van der Waals surface area contributed by atoms with Gasteiger partial charge in [0.1, 0.15) is 0 Å². The maximum absolute atomic E-state index is 12.2. The second kappa shape index (κ2) is 6.41. The molecule has 0 aliphatic carbocycles. The molecule has 112 valence electrons. The van der Waals surface area contributed by atoms with Gasteiger partial charge in [-0.15, -0.1) is 0 Å². The zero-order valence-corrected chi connectivity index (χ0v) is 12.7. The average Bonchev–Trinajstić information content (AvgIpc) is 2.68. The molecule has 1 aliphatic rings. The Balaban J connectivity index is 1.94. The lowest BCUT2D eigenvalue weighted by atomic mass is 10.1. The molecule has 1 heterocycles. The van der Waals surface area contributed by atoms with Crippen molar-refractivity contribution in [2.45, 2.75) is 36.1 Å². The van der Waals surface area contributed by atoms with Gasteiger partial charge in [0.15, 0.2) is 9.84 Å². The number of hydrogen-bond acceptors (Lipinski definition) is 4. The molecule has 1 aromatic rings. The lowest BCUT2D eigenvalue weighted by Gasteiger charge is -2.19. The summed E-state index contributed by atoms with van der Waals surface area (Å²) in [7, 11) is -2.89. The van der Waals surface area contributed by atoms with Crippen LogP contribution < -0.4 is 5.32 Å². The van der Waals surface area contributed by atoms with Gasteiger partial charge in [0, 0.05) is 17.0 Å². The van der Waals surface area contributed by atoms with E-state index in [2.05, 4.69) is 5.32 Å². The van der Waals surface area contributed by atoms with Gasteiger partial charge in [-0.05, 0) is 31.0 Å². The molecule has 0 aromatic heterocycles. The number of rotatable bonds is 5. The van der Waals surface area contributed by atoms with Crippen molar-refractivity contribution in [3.8, 4) is 0 Å². The second-order valence-corrected chi connectivity index (χ2v) is 8.23. The number of alkyl halides is 2. The van der Waals surface area contributed by atoms with Crippen molar-refractivity contribution in [1.29, 1.82) is 0 Å². The van der Waals surface area contributed by atoms with E-state index < -0.39 is 15.6 Å². The number of thioether (sulfide) groups is 1. The molecular formula is C13H17F2NO2S2. The summed E-state index contributed by atoms with van der Waals surface area (Å²) in [5.41, 5.74) is 0.966. The fourth-order valence-corrected chi connectivity index (χ4v) is 4.50. The Morgan fingerprint density at radius 1 is 1.30 bits per heavy atom. The first kappa shape index (κ1) is 15.7. The minimum Gasteiger partial charge on any atom is -0.306 e. The first-order chi connectivity index (χ1) is 9.35. The smallest absolute Gasteiger partial charge is 0.288 e. The minimum atomic E-state index is -2.89. The van der Waals surface area contributed by atoms with Crippen LogP contribution in [0.1, 0.15) is 24.9 Å². The summed E-state index contributed by atoms with van der Waals surface area (Å²) >= 11 is 0.518. The fourth-order valence-electron chi connectivity index (χ4n) is 2.31. The van der Waals surface area contributed by atoms with Crippen LogP contribution in [0.4, 0.5) is 8.78 Å². The van der Waals surface area contributed by atoms with E-state index in [-0.39, 0.29) is 23.6 Å². The molecule has 0 radical (unpaired) electrons. The Morgan fingerprint density at radius 3 is 2.45 bits per heavy atom. The molecular weight excluding hydrogens is 304 g/mol. The molecule has 0 unspecified atom stereocenters. The molecule has 2 atom stereocenters. The van der Waals surface area contributed by atoms with Crippen molar-refractivity contribution in [3.05, 3.63) is 29.8 Å². The Kier molecular flexibility index (Phi) is 5.04. The highest BCUT2D eigenvalue weighted by Gasteiger charge is 2.28. The maximum atomic E-state index is 12.2. The van der Waals surface area contributed by atoms with E-state index in [1.54, 1.807) is 24.3 Å². The Hall–Kier alpha value is -0.660. The average molecular weight is 321 g/mol. The van der Waals surface area contributed by atoms with Gasteiger partial charge >= 0.3 is 0 Å². The number of benzene rings is 1. The number of sulfone groups is 1. The zero-order valence-electron chi connectivity index (χ0n) is 11.1. The molecule has 0 saturated carbocycles. The van der Waals surface area contributed by atoms with Crippen molar-refractivity contribution in [2.75, 3.05) is 11.5 Å². The van der Waals surface area contributed by atoms with Crippen molar-refractivity contribution in [1.82, 2.24) is 5.32 Å². The van der Waals surface area contributed by atoms with Crippen LogP contribution in [-0.2, 0) is 9.84 Å². The Bertz CT molecular complexity index is 546. The highest BCUT2D eigenvalue weighted by molar-refractivity contribution is 7.99. The standard InChI is InChI=1S/C13H17F2NO2S2/c1-9(16-11-6-7-20(17,18)8-11)10-2-4-12(5-3-10)19-13(14)15/h2-5,9,11,13,16H,6-8H2,1H3/t9-,11+/m1/s1. The van der Waals surface area contributed by atoms with Crippen molar-refractivity contribution in [2.24, 2.45) is 0 Å². The Labute approximate surface area is 122 Å². The fraction of sp³-hybridized carbons (Fsp3) is 0.538. The molecule has 2 rings (SSSR count). The normalized spacial score (nSPS) is 23.1. The highest BCUT2D eigenvalue weighted by atomic mass is 32.2. The summed E-state index contributed by atoms with van der Waals surface area (Å²) in [6.07, 6.45) is 0.631. The molecule has 7 heteroatoms. The molecule has 1 aliphatic heterocycles. The molecule has 1 saturated heterocycles. The van der Waals surface area contributed by atoms with Gasteiger partial charge in [0.2, 0.25) is 0 Å². The predicted octanol–water partition coefficient (Wildman–Crippen LogP) is 2.84. The summed E-state index contributed by atoms with van der Waals surface area (Å²) in [5.74, 6) is -2.00. The second-order valence-electron chi connectivity index (χ2n) is 4.94. The molecule has 0 spiro atoms. The summed E-state index contributed by atoms with van der Waals surface area (Å²) in [4.78, 5) is 0.527. The van der Waals surface area contributed by atoms with Gasteiger partial charge < -0.3 is 5.32 Å². The highest BCUT2D eigenvalue weighted by Crippen LogP contribution is 2.26. The van der Waals surface area contributed by atoms with Gasteiger partial charge in [-0.3, -0.25) is 0 Å². The summed E-state index contributed by atoms with van der Waals surface area (Å²) < 4.78 is 47.2. The Morgan fingerprint density at radius 2 is 1.95 bits per heavy atom. The van der Waals surface area contributed by atoms with Gasteiger partial charge in [-0.2, -0.15) is 8.78 Å². The van der Waals surface area contributed by atoms with Crippen LogP contribution in [0.25, 0.3) is 0 Å². The molecule has 0 amide bonds. The van der Waals surface area contributed by atoms with Crippen LogP contribution >= 0.6 is 11.8 Å². The van der Waals surface area contributed by atoms with Crippen molar-refractivity contribution >= 4 is 21.6 Å². The molecule has 20 heavy (non-hydrogen) atoms. The van der Waals surface area contributed by atoms with Crippen molar-refractivity contribution in [3.63, 3.8) is 0 Å². The molecule has 1 aromatic carbocycles. The third-order valence-corrected chi connectivity index (χ3v) is 5.81. The SMILES string of the molecule is C[C@@H](N[C@H]1CCS(=O)(=O)C1)c1ccc(SC(F)F)cc1. The zero-order chi connectivity index (χ0) is 14.8. The van der Waals surface area contributed by atoms with E-state index in [0.29, 0.717) is 23.1 Å². The van der Waals surface area contributed by atoms with E-state index in [0.717, 1.165) is 5.56 Å². The largest absolute Gasteiger partial charge is 0.306 e. The van der Waals surface area contributed by atoms with E-state index in [1.165, 1.54) is 0 Å². The first-order valence-electron chi connectivity index (χ1n) is 6.37. The summed E-state index contributed by atoms with van der Waals surface area (Å²) in [6.45, 7) is 1.94. The quantitative estimate of drug-likeness (QED) is 0.847. The summed E-state index contributed by atoms with van der Waals surface area (Å²) in [5, 5.41) is 3.28. The van der Waals surface area contributed by atoms with E-state index in [9.17, 15) is 17.2 Å². The van der Waals surface area contributed by atoms with Crippen LogP contribution in [0.3, 0.4) is 0 Å². The van der Waals surface area contributed by atoms with Gasteiger partial charge in [-0.25, -0.2) is 8.42 Å². The van der Waals surface area contributed by atoms with E-state index in [4.69, 9.17) is 0 Å². The third-order valence-electron chi connectivity index (χ3n) is 3.32. The summed E-state index contributed by atoms with van der Waals surface area (Å²) in [6, 6.07) is 6.90. The molecule has 1 fully saturated rings. The lowest BCUT2D eigenvalue weighted by molar-refractivity contribution is 0.252. The van der Waals surface area contributed by atoms with Gasteiger partial charge in [0.25, 0.3) is 5.76 Å². The molecule has 0 bridgehead atoms. The number of nitrogens with one attached hydrogen (secondary N) is 1. The third kappa shape index (κ3) is 4.43. The maximum Gasteiger partial charge on any atom is 0.288 e. The van der Waals surface area contributed by atoms with Crippen LogP contribution in [-0.4, -0.2) is 31.7 Å². The topological polar surface area (TPSA) is 46.2 Å². The number of hydrogen-bond donors (Lipinski definition) is 1. The van der Waals surface area contributed by atoms with Crippen LogP contribution in [0.2, 0.25) is 0 Å².